The van der Waals surface area contributed by atoms with Crippen molar-refractivity contribution in [3.63, 3.8) is 0 Å². The van der Waals surface area contributed by atoms with Crippen molar-refractivity contribution in [1.29, 1.82) is 0 Å². The van der Waals surface area contributed by atoms with Crippen LogP contribution in [0.15, 0.2) is 41.8 Å². The van der Waals surface area contributed by atoms with Gasteiger partial charge in [0.2, 0.25) is 0 Å². The number of benzene rings is 1. The van der Waals surface area contributed by atoms with Gasteiger partial charge in [-0.3, -0.25) is 0 Å². The molecule has 2 heteroatoms. The predicted molar refractivity (Wildman–Crippen MR) is 75.7 cm³/mol. The maximum absolute atomic E-state index is 3.47. The van der Waals surface area contributed by atoms with Gasteiger partial charge in [0, 0.05) is 10.9 Å². The second-order valence-corrected chi connectivity index (χ2v) is 5.61. The summed E-state index contributed by atoms with van der Waals surface area (Å²) >= 11 is 1.77. The van der Waals surface area contributed by atoms with Crippen molar-refractivity contribution in [1.82, 2.24) is 4.98 Å². The first-order chi connectivity index (χ1) is 8.24. The summed E-state index contributed by atoms with van der Waals surface area (Å²) in [6.45, 7) is 4.46. The zero-order valence-corrected chi connectivity index (χ0v) is 10.8. The number of rotatable bonds is 2. The molecular weight excluding hydrogens is 226 g/mol. The molecule has 0 saturated carbocycles. The van der Waals surface area contributed by atoms with Crippen molar-refractivity contribution in [3.05, 3.63) is 47.3 Å². The Morgan fingerprint density at radius 1 is 1.12 bits per heavy atom. The summed E-state index contributed by atoms with van der Waals surface area (Å²) in [5, 5.41) is 3.42. The van der Waals surface area contributed by atoms with Gasteiger partial charge in [-0.25, -0.2) is 0 Å². The van der Waals surface area contributed by atoms with E-state index in [1.165, 1.54) is 27.0 Å². The van der Waals surface area contributed by atoms with Crippen LogP contribution in [0.1, 0.15) is 25.3 Å². The fourth-order valence-corrected chi connectivity index (χ4v) is 2.77. The lowest BCUT2D eigenvalue weighted by Crippen LogP contribution is -1.85. The Morgan fingerprint density at radius 3 is 2.71 bits per heavy atom. The number of hydrogen-bond acceptors (Lipinski definition) is 1. The van der Waals surface area contributed by atoms with Crippen LogP contribution in [-0.4, -0.2) is 4.98 Å². The lowest BCUT2D eigenvalue weighted by Gasteiger charge is -2.03. The Kier molecular flexibility index (Phi) is 2.52. The average Bonchev–Trinajstić information content (AvgIpc) is 2.96. The lowest BCUT2D eigenvalue weighted by atomic mass is 10.0. The summed E-state index contributed by atoms with van der Waals surface area (Å²) in [5.41, 5.74) is 3.84. The third-order valence-electron chi connectivity index (χ3n) is 3.10. The molecule has 86 valence electrons. The van der Waals surface area contributed by atoms with Gasteiger partial charge in [0.25, 0.3) is 0 Å². The van der Waals surface area contributed by atoms with Gasteiger partial charge in [-0.2, -0.15) is 0 Å². The van der Waals surface area contributed by atoms with Crippen molar-refractivity contribution < 1.29 is 0 Å². The summed E-state index contributed by atoms with van der Waals surface area (Å²) in [6, 6.07) is 13.2. The smallest absolute Gasteiger partial charge is 0.0566 e. The van der Waals surface area contributed by atoms with E-state index in [2.05, 4.69) is 60.6 Å². The molecule has 0 aliphatic carbocycles. The monoisotopic (exact) mass is 241 g/mol. The normalized spacial score (nSPS) is 11.5. The van der Waals surface area contributed by atoms with Crippen molar-refractivity contribution in [2.45, 2.75) is 19.8 Å². The molecule has 0 atom stereocenters. The number of H-pyrrole nitrogens is 1. The quantitative estimate of drug-likeness (QED) is 0.648. The molecule has 1 nitrogen and oxygen atoms in total. The second kappa shape index (κ2) is 4.04. The molecule has 0 unspecified atom stereocenters. The number of aromatic nitrogens is 1. The predicted octanol–water partition coefficient (Wildman–Crippen LogP) is 5.02. The number of aromatic amines is 1. The Labute approximate surface area is 105 Å². The van der Waals surface area contributed by atoms with Crippen molar-refractivity contribution in [2.24, 2.45) is 0 Å². The third kappa shape index (κ3) is 1.89. The van der Waals surface area contributed by atoms with Gasteiger partial charge in [0.1, 0.15) is 0 Å². The molecule has 0 aliphatic heterocycles. The molecule has 0 bridgehead atoms. The molecule has 17 heavy (non-hydrogen) atoms. The highest BCUT2D eigenvalue weighted by Gasteiger charge is 2.06. The van der Waals surface area contributed by atoms with E-state index in [1.807, 2.05) is 0 Å². The Bertz CT molecular complexity index is 632. The number of thiophene rings is 1. The van der Waals surface area contributed by atoms with Crippen LogP contribution in [-0.2, 0) is 0 Å². The first kappa shape index (κ1) is 10.6. The summed E-state index contributed by atoms with van der Waals surface area (Å²) in [7, 11) is 0. The molecule has 3 aromatic rings. The minimum atomic E-state index is 0.583. The molecule has 0 fully saturated rings. The fourth-order valence-electron chi connectivity index (χ4n) is 2.07. The SMILES string of the molecule is CC(C)c1ccc2[nH]c(-c3cccs3)cc2c1. The van der Waals surface area contributed by atoms with E-state index in [1.54, 1.807) is 11.3 Å². The Morgan fingerprint density at radius 2 is 2.00 bits per heavy atom. The minimum absolute atomic E-state index is 0.583. The van der Waals surface area contributed by atoms with E-state index in [-0.39, 0.29) is 0 Å². The first-order valence-corrected chi connectivity index (χ1v) is 6.78. The van der Waals surface area contributed by atoms with Crippen LogP contribution in [0, 0.1) is 0 Å². The third-order valence-corrected chi connectivity index (χ3v) is 4.00. The van der Waals surface area contributed by atoms with E-state index in [4.69, 9.17) is 0 Å². The topological polar surface area (TPSA) is 15.8 Å². The van der Waals surface area contributed by atoms with E-state index < -0.39 is 0 Å². The molecule has 1 aromatic carbocycles. The molecule has 2 heterocycles. The molecular formula is C15H15NS. The van der Waals surface area contributed by atoms with E-state index in [9.17, 15) is 0 Å². The standard InChI is InChI=1S/C15H15NS/c1-10(2)11-5-6-13-12(8-11)9-14(16-13)15-4-3-7-17-15/h3-10,16H,1-2H3. The molecule has 0 radical (unpaired) electrons. The second-order valence-electron chi connectivity index (χ2n) is 4.66. The van der Waals surface area contributed by atoms with Gasteiger partial charge in [-0.05, 0) is 41.1 Å². The van der Waals surface area contributed by atoms with Crippen LogP contribution in [0.4, 0.5) is 0 Å². The maximum Gasteiger partial charge on any atom is 0.0566 e. The van der Waals surface area contributed by atoms with Crippen LogP contribution in [0.2, 0.25) is 0 Å². The lowest BCUT2D eigenvalue weighted by molar-refractivity contribution is 0.869. The fraction of sp³-hybridized carbons (Fsp3) is 0.200. The van der Waals surface area contributed by atoms with Crippen molar-refractivity contribution >= 4 is 22.2 Å². The zero-order valence-electron chi connectivity index (χ0n) is 10.0. The maximum atomic E-state index is 3.47. The first-order valence-electron chi connectivity index (χ1n) is 5.90. The summed E-state index contributed by atoms with van der Waals surface area (Å²) in [5.74, 6) is 0.583. The van der Waals surface area contributed by atoms with Crippen LogP contribution in [0.5, 0.6) is 0 Å². The molecule has 0 spiro atoms. The molecule has 3 rings (SSSR count). The van der Waals surface area contributed by atoms with Crippen molar-refractivity contribution in [3.8, 4) is 10.6 Å². The number of fused-ring (bicyclic) bond motifs is 1. The highest BCUT2D eigenvalue weighted by atomic mass is 32.1. The van der Waals surface area contributed by atoms with Gasteiger partial charge in [-0.15, -0.1) is 11.3 Å². The molecule has 0 amide bonds. The van der Waals surface area contributed by atoms with Gasteiger partial charge in [-0.1, -0.05) is 26.0 Å². The molecule has 0 saturated heterocycles. The molecule has 1 N–H and O–H groups in total. The summed E-state index contributed by atoms with van der Waals surface area (Å²) in [4.78, 5) is 4.77. The highest BCUT2D eigenvalue weighted by Crippen LogP contribution is 2.29. The number of nitrogens with one attached hydrogen (secondary N) is 1. The van der Waals surface area contributed by atoms with E-state index in [0.717, 1.165) is 0 Å². The largest absolute Gasteiger partial charge is 0.354 e. The molecule has 2 aromatic heterocycles. The van der Waals surface area contributed by atoms with Crippen LogP contribution >= 0.6 is 11.3 Å². The zero-order chi connectivity index (χ0) is 11.8. The Balaban J connectivity index is 2.13. The van der Waals surface area contributed by atoms with Crippen LogP contribution in [0.25, 0.3) is 21.5 Å². The Hall–Kier alpha value is -1.54. The van der Waals surface area contributed by atoms with E-state index >= 15 is 0 Å². The van der Waals surface area contributed by atoms with Gasteiger partial charge < -0.3 is 4.98 Å². The average molecular weight is 241 g/mol. The van der Waals surface area contributed by atoms with Gasteiger partial charge in [0.15, 0.2) is 0 Å². The highest BCUT2D eigenvalue weighted by molar-refractivity contribution is 7.13. The van der Waals surface area contributed by atoms with Crippen LogP contribution < -0.4 is 0 Å². The van der Waals surface area contributed by atoms with Gasteiger partial charge in [0.05, 0.1) is 10.6 Å². The van der Waals surface area contributed by atoms with Gasteiger partial charge >= 0.3 is 0 Å². The van der Waals surface area contributed by atoms with Crippen molar-refractivity contribution in [2.75, 3.05) is 0 Å². The molecule has 0 aliphatic rings. The van der Waals surface area contributed by atoms with E-state index in [0.29, 0.717) is 5.92 Å². The number of hydrogen-bond donors (Lipinski definition) is 1. The summed E-state index contributed by atoms with van der Waals surface area (Å²) < 4.78 is 0. The minimum Gasteiger partial charge on any atom is -0.354 e. The summed E-state index contributed by atoms with van der Waals surface area (Å²) in [6.07, 6.45) is 0. The van der Waals surface area contributed by atoms with Crippen LogP contribution in [0.3, 0.4) is 0 Å².